The second-order valence-corrected chi connectivity index (χ2v) is 5.37. The summed E-state index contributed by atoms with van der Waals surface area (Å²) in [6.07, 6.45) is 1.89. The van der Waals surface area contributed by atoms with Crippen molar-refractivity contribution in [2.45, 2.75) is 13.0 Å². The van der Waals surface area contributed by atoms with Crippen LogP contribution in [0.2, 0.25) is 0 Å². The average molecular weight is 318 g/mol. The standard InChI is InChI=1S/C13H16F2N2O3S/c1-7(6-21-3)17(2)13(20)16-11-4-8(12(18)19)9(14)5-10(11)15/h4-5,7H,6H2,1-3H3,(H,16,20)(H,18,19). The number of carbonyl (C=O) groups excluding carboxylic acids is 1. The molecule has 0 fully saturated rings. The highest BCUT2D eigenvalue weighted by Crippen LogP contribution is 2.20. The molecule has 0 aliphatic carbocycles. The molecule has 8 heteroatoms. The fourth-order valence-electron chi connectivity index (χ4n) is 1.57. The molecule has 2 N–H and O–H groups in total. The molecule has 1 unspecified atom stereocenters. The van der Waals surface area contributed by atoms with Crippen LogP contribution < -0.4 is 5.32 Å². The number of amides is 2. The van der Waals surface area contributed by atoms with Crippen LogP contribution in [0.1, 0.15) is 17.3 Å². The van der Waals surface area contributed by atoms with Crippen LogP contribution in [-0.4, -0.2) is 47.1 Å². The number of hydrogen-bond donors (Lipinski definition) is 2. The molecular formula is C13H16F2N2O3S. The Balaban J connectivity index is 2.95. The third-order valence-corrected chi connectivity index (χ3v) is 3.73. The van der Waals surface area contributed by atoms with E-state index in [1.54, 1.807) is 11.8 Å². The SMILES string of the molecule is CSCC(C)N(C)C(=O)Nc1cc(C(=O)O)c(F)cc1F. The van der Waals surface area contributed by atoms with Gasteiger partial charge in [0.15, 0.2) is 0 Å². The molecule has 1 atom stereocenters. The quantitative estimate of drug-likeness (QED) is 0.876. The van der Waals surface area contributed by atoms with E-state index in [4.69, 9.17) is 5.11 Å². The largest absolute Gasteiger partial charge is 0.478 e. The predicted molar refractivity (Wildman–Crippen MR) is 77.9 cm³/mol. The molecule has 1 aromatic carbocycles. The van der Waals surface area contributed by atoms with Crippen molar-refractivity contribution in [3.05, 3.63) is 29.3 Å². The minimum Gasteiger partial charge on any atom is -0.478 e. The lowest BCUT2D eigenvalue weighted by Crippen LogP contribution is -2.39. The third kappa shape index (κ3) is 4.32. The van der Waals surface area contributed by atoms with Gasteiger partial charge < -0.3 is 15.3 Å². The molecule has 0 aromatic heterocycles. The summed E-state index contributed by atoms with van der Waals surface area (Å²) >= 11 is 1.55. The number of thioether (sulfide) groups is 1. The van der Waals surface area contributed by atoms with Crippen molar-refractivity contribution in [3.8, 4) is 0 Å². The summed E-state index contributed by atoms with van der Waals surface area (Å²) in [4.78, 5) is 24.1. The first-order chi connectivity index (χ1) is 9.77. The lowest BCUT2D eigenvalue weighted by Gasteiger charge is -2.24. The molecule has 2 amide bonds. The Kier molecular flexibility index (Phi) is 5.95. The molecule has 1 aromatic rings. The van der Waals surface area contributed by atoms with E-state index in [2.05, 4.69) is 5.32 Å². The number of nitrogens with one attached hydrogen (secondary N) is 1. The number of carboxylic acids is 1. The molecule has 0 aliphatic rings. The van der Waals surface area contributed by atoms with Crippen LogP contribution in [-0.2, 0) is 0 Å². The Bertz CT molecular complexity index is 554. The molecule has 0 aliphatic heterocycles. The zero-order valence-electron chi connectivity index (χ0n) is 11.8. The van der Waals surface area contributed by atoms with E-state index < -0.39 is 29.2 Å². The Hall–Kier alpha value is -1.83. The molecule has 0 heterocycles. The number of hydrogen-bond acceptors (Lipinski definition) is 3. The van der Waals surface area contributed by atoms with Crippen LogP contribution in [0.15, 0.2) is 12.1 Å². The minimum absolute atomic E-state index is 0.0950. The van der Waals surface area contributed by atoms with Crippen molar-refractivity contribution >= 4 is 29.4 Å². The molecule has 5 nitrogen and oxygen atoms in total. The number of halogens is 2. The third-order valence-electron chi connectivity index (χ3n) is 2.92. The number of rotatable bonds is 5. The summed E-state index contributed by atoms with van der Waals surface area (Å²) in [6, 6.07) is 0.503. The Morgan fingerprint density at radius 3 is 2.52 bits per heavy atom. The van der Waals surface area contributed by atoms with Crippen molar-refractivity contribution in [1.29, 1.82) is 0 Å². The maximum Gasteiger partial charge on any atom is 0.338 e. The van der Waals surface area contributed by atoms with Gasteiger partial charge in [0, 0.05) is 24.9 Å². The summed E-state index contributed by atoms with van der Waals surface area (Å²) in [5, 5.41) is 11.0. The predicted octanol–water partition coefficient (Wildman–Crippen LogP) is 2.88. The van der Waals surface area contributed by atoms with Gasteiger partial charge >= 0.3 is 12.0 Å². The normalized spacial score (nSPS) is 11.9. The van der Waals surface area contributed by atoms with Crippen molar-refractivity contribution in [2.75, 3.05) is 24.4 Å². The van der Waals surface area contributed by atoms with E-state index in [0.717, 1.165) is 6.07 Å². The maximum absolute atomic E-state index is 13.6. The van der Waals surface area contributed by atoms with Gasteiger partial charge in [0.2, 0.25) is 0 Å². The van der Waals surface area contributed by atoms with E-state index in [-0.39, 0.29) is 11.7 Å². The zero-order valence-corrected chi connectivity index (χ0v) is 12.6. The van der Waals surface area contributed by atoms with E-state index >= 15 is 0 Å². The van der Waals surface area contributed by atoms with Crippen LogP contribution >= 0.6 is 11.8 Å². The van der Waals surface area contributed by atoms with E-state index in [0.29, 0.717) is 11.8 Å². The maximum atomic E-state index is 13.6. The number of anilines is 1. The Labute approximate surface area is 125 Å². The highest BCUT2D eigenvalue weighted by Gasteiger charge is 2.20. The molecule has 0 saturated carbocycles. The van der Waals surface area contributed by atoms with E-state index in [1.165, 1.54) is 11.9 Å². The molecule has 0 saturated heterocycles. The fourth-order valence-corrected chi connectivity index (χ4v) is 2.27. The van der Waals surface area contributed by atoms with Gasteiger partial charge in [0.1, 0.15) is 11.6 Å². The molecule has 0 bridgehead atoms. The van der Waals surface area contributed by atoms with Crippen LogP contribution in [0.3, 0.4) is 0 Å². The Morgan fingerprint density at radius 1 is 1.38 bits per heavy atom. The first kappa shape index (κ1) is 17.2. The fraction of sp³-hybridized carbons (Fsp3) is 0.385. The lowest BCUT2D eigenvalue weighted by molar-refractivity contribution is 0.0691. The monoisotopic (exact) mass is 318 g/mol. The van der Waals surface area contributed by atoms with Gasteiger partial charge in [-0.15, -0.1) is 0 Å². The first-order valence-corrected chi connectivity index (χ1v) is 7.42. The topological polar surface area (TPSA) is 69.6 Å². The summed E-state index contributed by atoms with van der Waals surface area (Å²) in [5.41, 5.74) is -1.08. The molecule has 0 radical (unpaired) electrons. The molecule has 116 valence electrons. The van der Waals surface area contributed by atoms with Gasteiger partial charge in [0.25, 0.3) is 0 Å². The smallest absolute Gasteiger partial charge is 0.338 e. The van der Waals surface area contributed by atoms with Gasteiger partial charge in [-0.2, -0.15) is 11.8 Å². The summed E-state index contributed by atoms with van der Waals surface area (Å²) in [7, 11) is 1.54. The second-order valence-electron chi connectivity index (χ2n) is 4.46. The van der Waals surface area contributed by atoms with Crippen molar-refractivity contribution in [3.63, 3.8) is 0 Å². The molecule has 1 rings (SSSR count). The van der Waals surface area contributed by atoms with Crippen molar-refractivity contribution in [2.24, 2.45) is 0 Å². The zero-order chi connectivity index (χ0) is 16.2. The summed E-state index contributed by atoms with van der Waals surface area (Å²) < 4.78 is 26.9. The van der Waals surface area contributed by atoms with Gasteiger partial charge in [0.05, 0.1) is 11.3 Å². The minimum atomic E-state index is -1.54. The van der Waals surface area contributed by atoms with Gasteiger partial charge in [-0.25, -0.2) is 18.4 Å². The summed E-state index contributed by atoms with van der Waals surface area (Å²) in [5.74, 6) is -3.07. The van der Waals surface area contributed by atoms with Crippen LogP contribution in [0.25, 0.3) is 0 Å². The number of carboxylic acid groups (broad SMARTS) is 1. The summed E-state index contributed by atoms with van der Waals surface area (Å²) in [6.45, 7) is 1.82. The molecule has 21 heavy (non-hydrogen) atoms. The van der Waals surface area contributed by atoms with Crippen LogP contribution in [0.5, 0.6) is 0 Å². The van der Waals surface area contributed by atoms with E-state index in [9.17, 15) is 18.4 Å². The average Bonchev–Trinajstić information content (AvgIpc) is 2.40. The molecule has 0 spiro atoms. The van der Waals surface area contributed by atoms with Crippen molar-refractivity contribution < 1.29 is 23.5 Å². The number of carbonyl (C=O) groups is 2. The van der Waals surface area contributed by atoms with Gasteiger partial charge in [-0.3, -0.25) is 0 Å². The number of nitrogens with zero attached hydrogens (tertiary/aromatic N) is 1. The second kappa shape index (κ2) is 7.26. The Morgan fingerprint density at radius 2 is 2.00 bits per heavy atom. The van der Waals surface area contributed by atoms with Gasteiger partial charge in [-0.1, -0.05) is 0 Å². The first-order valence-electron chi connectivity index (χ1n) is 6.03. The van der Waals surface area contributed by atoms with Crippen molar-refractivity contribution in [1.82, 2.24) is 4.90 Å². The number of aromatic carboxylic acids is 1. The van der Waals surface area contributed by atoms with Crippen LogP contribution in [0.4, 0.5) is 19.3 Å². The molecular weight excluding hydrogens is 302 g/mol. The number of benzene rings is 1. The lowest BCUT2D eigenvalue weighted by atomic mass is 10.2. The number of urea groups is 1. The van der Waals surface area contributed by atoms with Crippen LogP contribution in [0, 0.1) is 11.6 Å². The van der Waals surface area contributed by atoms with E-state index in [1.807, 2.05) is 13.2 Å². The highest BCUT2D eigenvalue weighted by atomic mass is 32.2. The highest BCUT2D eigenvalue weighted by molar-refractivity contribution is 7.98. The van der Waals surface area contributed by atoms with Gasteiger partial charge in [-0.05, 0) is 19.2 Å².